The fraction of sp³-hybridized carbons (Fsp3) is 0.231. The first-order valence-corrected chi connectivity index (χ1v) is 6.82. The first-order chi connectivity index (χ1) is 9.02. The van der Waals surface area contributed by atoms with E-state index in [4.69, 9.17) is 5.11 Å². The third-order valence-corrected chi connectivity index (χ3v) is 3.62. The Morgan fingerprint density at radius 1 is 1.37 bits per heavy atom. The summed E-state index contributed by atoms with van der Waals surface area (Å²) >= 11 is 2.17. The van der Waals surface area contributed by atoms with Gasteiger partial charge in [0, 0.05) is 9.65 Å². The highest BCUT2D eigenvalue weighted by atomic mass is 127. The highest BCUT2D eigenvalue weighted by Gasteiger charge is 2.30. The average Bonchev–Trinajstić information content (AvgIpc) is 2.61. The molecule has 0 saturated heterocycles. The Bertz CT molecular complexity index is 569. The van der Waals surface area contributed by atoms with Gasteiger partial charge in [0.2, 0.25) is 0 Å². The molecule has 1 aromatic rings. The number of nitrogens with one attached hydrogen (secondary N) is 1. The number of carbonyl (C=O) groups is 2. The zero-order valence-electron chi connectivity index (χ0n) is 10.3. The maximum Gasteiger partial charge on any atom is 0.277 e. The molecule has 0 fully saturated rings. The molecule has 2 amide bonds. The number of benzene rings is 1. The standard InChI is InChI=1S/C13H13IN2O3/c1-8-2-3-10(9(14)6-8)15-11-7-12(18)16(4-5-17)13(11)19/h2-3,6-7,15,17H,4-5H2,1H3. The molecule has 1 aromatic carbocycles. The summed E-state index contributed by atoms with van der Waals surface area (Å²) in [6.45, 7) is 1.77. The van der Waals surface area contributed by atoms with E-state index in [1.54, 1.807) is 0 Å². The lowest BCUT2D eigenvalue weighted by Gasteiger charge is -2.14. The summed E-state index contributed by atoms with van der Waals surface area (Å²) < 4.78 is 0.972. The second-order valence-electron chi connectivity index (χ2n) is 4.18. The van der Waals surface area contributed by atoms with Crippen LogP contribution in [-0.4, -0.2) is 35.0 Å². The predicted octanol–water partition coefficient (Wildman–Crippen LogP) is 1.26. The van der Waals surface area contributed by atoms with Crippen molar-refractivity contribution < 1.29 is 14.7 Å². The van der Waals surface area contributed by atoms with E-state index < -0.39 is 11.8 Å². The molecular weight excluding hydrogens is 359 g/mol. The van der Waals surface area contributed by atoms with Gasteiger partial charge in [-0.2, -0.15) is 0 Å². The normalized spacial score (nSPS) is 14.9. The van der Waals surface area contributed by atoms with Crippen LogP contribution in [0.5, 0.6) is 0 Å². The first kappa shape index (κ1) is 14.0. The summed E-state index contributed by atoms with van der Waals surface area (Å²) in [5.41, 5.74) is 2.14. The largest absolute Gasteiger partial charge is 0.395 e. The molecule has 0 aromatic heterocycles. The number of imide groups is 1. The van der Waals surface area contributed by atoms with Crippen molar-refractivity contribution in [1.82, 2.24) is 4.90 Å². The molecular formula is C13H13IN2O3. The molecule has 0 spiro atoms. The molecule has 1 aliphatic heterocycles. The third-order valence-electron chi connectivity index (χ3n) is 2.73. The van der Waals surface area contributed by atoms with E-state index in [1.807, 2.05) is 25.1 Å². The van der Waals surface area contributed by atoms with E-state index in [1.165, 1.54) is 6.08 Å². The Balaban J connectivity index is 2.18. The van der Waals surface area contributed by atoms with Crippen LogP contribution in [0.15, 0.2) is 30.0 Å². The fourth-order valence-corrected chi connectivity index (χ4v) is 2.58. The number of rotatable bonds is 4. The third kappa shape index (κ3) is 2.95. The molecule has 1 aliphatic rings. The molecule has 6 heteroatoms. The molecule has 1 heterocycles. The van der Waals surface area contributed by atoms with E-state index in [0.29, 0.717) is 0 Å². The topological polar surface area (TPSA) is 69.6 Å². The summed E-state index contributed by atoms with van der Waals surface area (Å²) in [5, 5.41) is 11.8. The van der Waals surface area contributed by atoms with Crippen molar-refractivity contribution in [2.75, 3.05) is 18.5 Å². The number of aryl methyl sites for hydroxylation is 1. The van der Waals surface area contributed by atoms with Gasteiger partial charge in [-0.05, 0) is 47.2 Å². The second-order valence-corrected chi connectivity index (χ2v) is 5.35. The van der Waals surface area contributed by atoms with E-state index >= 15 is 0 Å². The SMILES string of the molecule is Cc1ccc(NC2=CC(=O)N(CCO)C2=O)c(I)c1. The van der Waals surface area contributed by atoms with Gasteiger partial charge in [-0.1, -0.05) is 6.07 Å². The van der Waals surface area contributed by atoms with Gasteiger partial charge in [-0.3, -0.25) is 14.5 Å². The van der Waals surface area contributed by atoms with Crippen molar-refractivity contribution >= 4 is 40.1 Å². The lowest BCUT2D eigenvalue weighted by atomic mass is 10.2. The number of amides is 2. The number of anilines is 1. The van der Waals surface area contributed by atoms with Crippen LogP contribution >= 0.6 is 22.6 Å². The minimum Gasteiger partial charge on any atom is -0.395 e. The van der Waals surface area contributed by atoms with Crippen LogP contribution in [0.3, 0.4) is 0 Å². The van der Waals surface area contributed by atoms with Gasteiger partial charge in [0.25, 0.3) is 11.8 Å². The Morgan fingerprint density at radius 2 is 2.11 bits per heavy atom. The zero-order chi connectivity index (χ0) is 14.0. The van der Waals surface area contributed by atoms with E-state index in [0.717, 1.165) is 19.7 Å². The van der Waals surface area contributed by atoms with Crippen LogP contribution in [0.4, 0.5) is 5.69 Å². The van der Waals surface area contributed by atoms with Crippen molar-refractivity contribution in [2.45, 2.75) is 6.92 Å². The summed E-state index contributed by atoms with van der Waals surface area (Å²) in [6.07, 6.45) is 1.26. The number of hydrogen-bond donors (Lipinski definition) is 2. The van der Waals surface area contributed by atoms with Gasteiger partial charge in [-0.25, -0.2) is 0 Å². The Labute approximate surface area is 124 Å². The van der Waals surface area contributed by atoms with Crippen LogP contribution < -0.4 is 5.32 Å². The second kappa shape index (κ2) is 5.70. The molecule has 19 heavy (non-hydrogen) atoms. The van der Waals surface area contributed by atoms with Gasteiger partial charge in [0.1, 0.15) is 5.70 Å². The molecule has 0 saturated carbocycles. The lowest BCUT2D eigenvalue weighted by Crippen LogP contribution is -2.34. The Morgan fingerprint density at radius 3 is 2.74 bits per heavy atom. The van der Waals surface area contributed by atoms with Crippen LogP contribution in [0.2, 0.25) is 0 Å². The minimum atomic E-state index is -0.407. The van der Waals surface area contributed by atoms with Crippen molar-refractivity contribution in [3.05, 3.63) is 39.1 Å². The van der Waals surface area contributed by atoms with Gasteiger partial charge in [0.05, 0.1) is 18.8 Å². The highest BCUT2D eigenvalue weighted by Crippen LogP contribution is 2.23. The van der Waals surface area contributed by atoms with Gasteiger partial charge >= 0.3 is 0 Å². The van der Waals surface area contributed by atoms with Gasteiger partial charge in [-0.15, -0.1) is 0 Å². The summed E-state index contributed by atoms with van der Waals surface area (Å²) in [4.78, 5) is 24.6. The lowest BCUT2D eigenvalue weighted by molar-refractivity contribution is -0.137. The highest BCUT2D eigenvalue weighted by molar-refractivity contribution is 14.1. The molecule has 0 unspecified atom stereocenters. The number of aliphatic hydroxyl groups is 1. The van der Waals surface area contributed by atoms with E-state index in [9.17, 15) is 9.59 Å². The molecule has 0 bridgehead atoms. The number of β-amino-alcohol motifs (C(OH)–C–C–N with tert-alkyl or cyclic N) is 1. The molecule has 2 rings (SSSR count). The van der Waals surface area contributed by atoms with Crippen molar-refractivity contribution in [1.29, 1.82) is 0 Å². The van der Waals surface area contributed by atoms with E-state index in [-0.39, 0.29) is 18.8 Å². The summed E-state index contributed by atoms with van der Waals surface area (Å²) in [5.74, 6) is -0.806. The average molecular weight is 372 g/mol. The maximum absolute atomic E-state index is 11.9. The Hall–Kier alpha value is -1.41. The smallest absolute Gasteiger partial charge is 0.277 e. The Kier molecular flexibility index (Phi) is 4.20. The minimum absolute atomic E-state index is 0.0182. The number of halogens is 1. The molecule has 100 valence electrons. The fourth-order valence-electron chi connectivity index (χ4n) is 1.78. The van der Waals surface area contributed by atoms with Gasteiger partial charge < -0.3 is 10.4 Å². The molecule has 2 N–H and O–H groups in total. The molecule has 5 nitrogen and oxygen atoms in total. The summed E-state index contributed by atoms with van der Waals surface area (Å²) in [7, 11) is 0. The number of carbonyl (C=O) groups excluding carboxylic acids is 2. The first-order valence-electron chi connectivity index (χ1n) is 5.74. The quantitative estimate of drug-likeness (QED) is 0.617. The van der Waals surface area contributed by atoms with Crippen LogP contribution in [0.25, 0.3) is 0 Å². The maximum atomic E-state index is 11.9. The van der Waals surface area contributed by atoms with Crippen LogP contribution in [0, 0.1) is 10.5 Å². The monoisotopic (exact) mass is 372 g/mol. The number of aliphatic hydroxyl groups excluding tert-OH is 1. The number of nitrogens with zero attached hydrogens (tertiary/aromatic N) is 1. The summed E-state index contributed by atoms with van der Waals surface area (Å²) in [6, 6.07) is 5.78. The zero-order valence-corrected chi connectivity index (χ0v) is 12.5. The molecule has 0 aliphatic carbocycles. The van der Waals surface area contributed by atoms with E-state index in [2.05, 4.69) is 27.9 Å². The van der Waals surface area contributed by atoms with Crippen molar-refractivity contribution in [3.8, 4) is 0 Å². The predicted molar refractivity (Wildman–Crippen MR) is 79.4 cm³/mol. The van der Waals surface area contributed by atoms with Crippen molar-refractivity contribution in [2.24, 2.45) is 0 Å². The van der Waals surface area contributed by atoms with Gasteiger partial charge in [0.15, 0.2) is 0 Å². The van der Waals surface area contributed by atoms with Crippen LogP contribution in [0.1, 0.15) is 5.56 Å². The van der Waals surface area contributed by atoms with Crippen molar-refractivity contribution in [3.63, 3.8) is 0 Å². The number of hydrogen-bond acceptors (Lipinski definition) is 4. The van der Waals surface area contributed by atoms with Crippen LogP contribution in [-0.2, 0) is 9.59 Å². The molecule has 0 atom stereocenters. The molecule has 0 radical (unpaired) electrons.